The minimum Gasteiger partial charge on any atom is -0.494 e. The highest BCUT2D eigenvalue weighted by Gasteiger charge is 2.18. The zero-order valence-corrected chi connectivity index (χ0v) is 18.3. The quantitative estimate of drug-likeness (QED) is 0.320. The van der Waals surface area contributed by atoms with Crippen LogP contribution in [-0.2, 0) is 0 Å². The minimum absolute atomic E-state index is 0.337. The molecule has 0 spiro atoms. The molecule has 2 heterocycles. The summed E-state index contributed by atoms with van der Waals surface area (Å²) < 4.78 is 13.4. The summed E-state index contributed by atoms with van der Waals surface area (Å²) in [6.45, 7) is 4.38. The lowest BCUT2D eigenvalue weighted by Gasteiger charge is -2.11. The predicted octanol–water partition coefficient (Wildman–Crippen LogP) is 4.53. The summed E-state index contributed by atoms with van der Waals surface area (Å²) >= 11 is 0. The Morgan fingerprint density at radius 1 is 1.03 bits per heavy atom. The van der Waals surface area contributed by atoms with Crippen molar-refractivity contribution in [3.05, 3.63) is 95.9 Å². The van der Waals surface area contributed by atoms with Gasteiger partial charge in [0.05, 0.1) is 29.8 Å². The molecule has 0 bridgehead atoms. The third-order valence-corrected chi connectivity index (χ3v) is 4.71. The van der Waals surface area contributed by atoms with E-state index in [1.54, 1.807) is 29.2 Å². The molecular weight excluding hydrogens is 418 g/mol. The fourth-order valence-electron chi connectivity index (χ4n) is 3.11. The molecule has 2 aromatic heterocycles. The van der Waals surface area contributed by atoms with Gasteiger partial charge in [0.15, 0.2) is 0 Å². The van der Waals surface area contributed by atoms with Crippen molar-refractivity contribution in [2.75, 3.05) is 6.61 Å². The van der Waals surface area contributed by atoms with Gasteiger partial charge in [0.2, 0.25) is 5.88 Å². The molecule has 0 aliphatic carbocycles. The van der Waals surface area contributed by atoms with E-state index in [0.717, 1.165) is 11.4 Å². The number of nitrogens with one attached hydrogen (secondary N) is 1. The smallest absolute Gasteiger partial charge is 0.271 e. The molecule has 1 amide bonds. The second-order valence-corrected chi connectivity index (χ2v) is 6.99. The zero-order chi connectivity index (χ0) is 23.0. The van der Waals surface area contributed by atoms with Crippen molar-refractivity contribution in [1.29, 1.82) is 0 Å². The van der Waals surface area contributed by atoms with Gasteiger partial charge >= 0.3 is 0 Å². The normalized spacial score (nSPS) is 10.8. The van der Waals surface area contributed by atoms with Crippen LogP contribution in [0.3, 0.4) is 0 Å². The Morgan fingerprint density at radius 3 is 2.42 bits per heavy atom. The van der Waals surface area contributed by atoms with Gasteiger partial charge in [-0.1, -0.05) is 18.2 Å². The molecule has 8 heteroatoms. The molecule has 33 heavy (non-hydrogen) atoms. The number of pyridine rings is 1. The van der Waals surface area contributed by atoms with Gasteiger partial charge in [0.25, 0.3) is 5.91 Å². The summed E-state index contributed by atoms with van der Waals surface area (Å²) in [6.07, 6.45) is 4.63. The first kappa shape index (κ1) is 21.8. The van der Waals surface area contributed by atoms with E-state index in [-0.39, 0.29) is 5.91 Å². The predicted molar refractivity (Wildman–Crippen MR) is 125 cm³/mol. The lowest BCUT2D eigenvalue weighted by molar-refractivity contribution is 0.0955. The van der Waals surface area contributed by atoms with Crippen LogP contribution in [0.1, 0.15) is 28.5 Å². The molecule has 4 aromatic rings. The highest BCUT2D eigenvalue weighted by atomic mass is 16.5. The van der Waals surface area contributed by atoms with Crippen molar-refractivity contribution < 1.29 is 14.3 Å². The van der Waals surface area contributed by atoms with Gasteiger partial charge in [-0.15, -0.1) is 0 Å². The Labute approximate surface area is 191 Å². The van der Waals surface area contributed by atoms with Crippen LogP contribution < -0.4 is 14.9 Å². The SMILES string of the molecule is CCOc1ccc(Oc2c(/C=N/NC(=O)c3ccncc3)c(C)nn2-c2ccccc2)cc1. The molecule has 0 saturated carbocycles. The zero-order valence-electron chi connectivity index (χ0n) is 18.3. The maximum Gasteiger partial charge on any atom is 0.271 e. The summed E-state index contributed by atoms with van der Waals surface area (Å²) in [7, 11) is 0. The summed E-state index contributed by atoms with van der Waals surface area (Å²) in [5.41, 5.74) is 5.17. The number of aryl methyl sites for hydroxylation is 1. The molecular formula is C25H23N5O3. The fraction of sp³-hybridized carbons (Fsp3) is 0.120. The minimum atomic E-state index is -0.337. The number of hydrogen-bond acceptors (Lipinski definition) is 6. The second kappa shape index (κ2) is 10.2. The van der Waals surface area contributed by atoms with Gasteiger partial charge in [-0.2, -0.15) is 14.9 Å². The molecule has 0 aliphatic rings. The van der Waals surface area contributed by atoms with Crippen molar-refractivity contribution in [2.24, 2.45) is 5.10 Å². The lowest BCUT2D eigenvalue weighted by atomic mass is 10.2. The average molecular weight is 441 g/mol. The third kappa shape index (κ3) is 5.24. The third-order valence-electron chi connectivity index (χ3n) is 4.71. The van der Waals surface area contributed by atoms with Crippen LogP contribution in [0.25, 0.3) is 5.69 Å². The van der Waals surface area contributed by atoms with Crippen LogP contribution in [0.15, 0.2) is 84.2 Å². The number of hydrogen-bond donors (Lipinski definition) is 1. The van der Waals surface area contributed by atoms with Crippen molar-refractivity contribution in [1.82, 2.24) is 20.2 Å². The van der Waals surface area contributed by atoms with Crippen molar-refractivity contribution in [2.45, 2.75) is 13.8 Å². The van der Waals surface area contributed by atoms with Crippen molar-refractivity contribution in [3.63, 3.8) is 0 Å². The topological polar surface area (TPSA) is 90.6 Å². The molecule has 0 radical (unpaired) electrons. The van der Waals surface area contributed by atoms with Crippen molar-refractivity contribution >= 4 is 12.1 Å². The molecule has 0 atom stereocenters. The molecule has 0 unspecified atom stereocenters. The largest absolute Gasteiger partial charge is 0.494 e. The number of carbonyl (C=O) groups excluding carboxylic acids is 1. The molecule has 0 saturated heterocycles. The van der Waals surface area contributed by atoms with Gasteiger partial charge in [0.1, 0.15) is 11.5 Å². The van der Waals surface area contributed by atoms with Gasteiger partial charge in [-0.05, 0) is 62.4 Å². The van der Waals surface area contributed by atoms with Crippen LogP contribution in [0, 0.1) is 6.92 Å². The van der Waals surface area contributed by atoms with Crippen molar-refractivity contribution in [3.8, 4) is 23.1 Å². The van der Waals surface area contributed by atoms with Gasteiger partial charge in [-0.3, -0.25) is 9.78 Å². The van der Waals surface area contributed by atoms with Gasteiger partial charge in [0, 0.05) is 18.0 Å². The maximum atomic E-state index is 12.3. The molecule has 0 fully saturated rings. The van der Waals surface area contributed by atoms with Crippen LogP contribution >= 0.6 is 0 Å². The summed E-state index contributed by atoms with van der Waals surface area (Å²) in [4.78, 5) is 16.2. The molecule has 4 rings (SSSR count). The molecule has 166 valence electrons. The first-order chi connectivity index (χ1) is 16.2. The van der Waals surface area contributed by atoms with Gasteiger partial charge in [-0.25, -0.2) is 5.43 Å². The Hall–Kier alpha value is -4.46. The first-order valence-corrected chi connectivity index (χ1v) is 10.4. The highest BCUT2D eigenvalue weighted by Crippen LogP contribution is 2.30. The second-order valence-electron chi connectivity index (χ2n) is 6.99. The van der Waals surface area contributed by atoms with Crippen LogP contribution in [0.5, 0.6) is 17.4 Å². The van der Waals surface area contributed by atoms with Gasteiger partial charge < -0.3 is 9.47 Å². The number of carbonyl (C=O) groups is 1. The molecule has 2 aromatic carbocycles. The number of nitrogens with zero attached hydrogens (tertiary/aromatic N) is 4. The summed E-state index contributed by atoms with van der Waals surface area (Å²) in [6, 6.07) is 20.2. The van der Waals surface area contributed by atoms with E-state index in [1.807, 2.05) is 68.4 Å². The number of ether oxygens (including phenoxy) is 2. The molecule has 8 nitrogen and oxygen atoms in total. The standard InChI is InChI=1S/C25H23N5O3/c1-3-32-21-9-11-22(12-10-21)33-25-23(17-27-28-24(31)19-13-15-26-16-14-19)18(2)29-30(25)20-7-5-4-6-8-20/h4-17H,3H2,1-2H3,(H,28,31)/b27-17+. The van der Waals surface area contributed by atoms with Crippen LogP contribution in [0.2, 0.25) is 0 Å². The van der Waals surface area contributed by atoms with E-state index in [9.17, 15) is 4.79 Å². The maximum absolute atomic E-state index is 12.3. The van der Waals surface area contributed by atoms with E-state index in [1.165, 1.54) is 6.21 Å². The summed E-state index contributed by atoms with van der Waals surface area (Å²) in [5.74, 6) is 1.52. The number of aromatic nitrogens is 3. The Balaban J connectivity index is 1.64. The Bertz CT molecular complexity index is 1240. The first-order valence-electron chi connectivity index (χ1n) is 10.4. The Kier molecular flexibility index (Phi) is 6.75. The van der Waals surface area contributed by atoms with E-state index in [0.29, 0.717) is 35.1 Å². The van der Waals surface area contributed by atoms with Crippen LogP contribution in [0.4, 0.5) is 0 Å². The van der Waals surface area contributed by atoms with E-state index in [4.69, 9.17) is 9.47 Å². The van der Waals surface area contributed by atoms with E-state index < -0.39 is 0 Å². The fourth-order valence-corrected chi connectivity index (χ4v) is 3.11. The number of rotatable bonds is 8. The number of amides is 1. The molecule has 0 aliphatic heterocycles. The summed E-state index contributed by atoms with van der Waals surface area (Å²) in [5, 5.41) is 8.76. The number of para-hydroxylation sites is 1. The van der Waals surface area contributed by atoms with Crippen LogP contribution in [-0.4, -0.2) is 33.5 Å². The monoisotopic (exact) mass is 441 g/mol. The molecule has 1 N–H and O–H groups in total. The lowest BCUT2D eigenvalue weighted by Crippen LogP contribution is -2.17. The average Bonchev–Trinajstić information content (AvgIpc) is 3.16. The van der Waals surface area contributed by atoms with E-state index >= 15 is 0 Å². The highest BCUT2D eigenvalue weighted by molar-refractivity contribution is 5.95. The number of benzene rings is 2. The van der Waals surface area contributed by atoms with E-state index in [2.05, 4.69) is 20.6 Å². The number of hydrazone groups is 1. The Morgan fingerprint density at radius 2 is 1.73 bits per heavy atom.